The minimum absolute atomic E-state index is 0.0115. The molecule has 12 heteroatoms. The molecule has 2 aromatic rings. The number of hydrogen-bond acceptors (Lipinski definition) is 8. The number of fused-ring (bicyclic) bond motifs is 1. The minimum atomic E-state index is -1.30. The molecular weight excluding hydrogens is 420 g/mol. The molecule has 0 aliphatic carbocycles. The Morgan fingerprint density at radius 3 is 2.59 bits per heavy atom. The summed E-state index contributed by atoms with van der Waals surface area (Å²) in [5.41, 5.74) is 7.30. The third kappa shape index (κ3) is 5.74. The number of carbonyl (C=O) groups is 3. The number of nitrogens with two attached hydrogens (primary N) is 1. The minimum Gasteiger partial charge on any atom is -0.481 e. The molecule has 0 spiro atoms. The van der Waals surface area contributed by atoms with Gasteiger partial charge in [0.1, 0.15) is 11.7 Å². The van der Waals surface area contributed by atoms with Crippen molar-refractivity contribution in [2.75, 3.05) is 22.9 Å². The van der Waals surface area contributed by atoms with E-state index in [1.807, 2.05) is 0 Å². The number of aryl methyl sites for hydroxylation is 1. The van der Waals surface area contributed by atoms with E-state index in [0.29, 0.717) is 24.3 Å². The summed E-state index contributed by atoms with van der Waals surface area (Å²) in [7, 11) is 0. The van der Waals surface area contributed by atoms with Crippen molar-refractivity contribution in [3.63, 3.8) is 0 Å². The number of carbonyl (C=O) groups excluding carboxylic acids is 1. The van der Waals surface area contributed by atoms with E-state index in [1.54, 1.807) is 12.1 Å². The number of amides is 1. The van der Waals surface area contributed by atoms with Crippen molar-refractivity contribution < 1.29 is 24.6 Å². The second kappa shape index (κ2) is 9.81. The molecule has 32 heavy (non-hydrogen) atoms. The quantitative estimate of drug-likeness (QED) is 0.281. The van der Waals surface area contributed by atoms with Crippen molar-refractivity contribution in [3.05, 3.63) is 45.9 Å². The summed E-state index contributed by atoms with van der Waals surface area (Å²) in [6.07, 6.45) is 0.797. The SMILES string of the molecule is Nc1nc2c(c(=O)[nH]1)NC(CNc1ccc(C(=O)N[C@@H](CCC(=O)O)C(=O)O)cc1)CC2. The largest absolute Gasteiger partial charge is 0.481 e. The highest BCUT2D eigenvalue weighted by atomic mass is 16.4. The fourth-order valence-corrected chi connectivity index (χ4v) is 3.36. The highest BCUT2D eigenvalue weighted by molar-refractivity contribution is 5.96. The second-order valence-electron chi connectivity index (χ2n) is 7.41. The number of benzene rings is 1. The molecule has 1 amide bonds. The van der Waals surface area contributed by atoms with Crippen LogP contribution in [-0.4, -0.2) is 56.7 Å². The Morgan fingerprint density at radius 2 is 1.94 bits per heavy atom. The van der Waals surface area contributed by atoms with E-state index in [4.69, 9.17) is 15.9 Å². The van der Waals surface area contributed by atoms with Gasteiger partial charge in [0, 0.05) is 30.3 Å². The molecule has 1 aromatic carbocycles. The molecule has 0 bridgehead atoms. The van der Waals surface area contributed by atoms with E-state index < -0.39 is 23.9 Å². The maximum absolute atomic E-state index is 12.3. The van der Waals surface area contributed by atoms with Crippen molar-refractivity contribution >= 4 is 35.2 Å². The summed E-state index contributed by atoms with van der Waals surface area (Å²) in [5, 5.41) is 26.6. The molecule has 1 unspecified atom stereocenters. The first-order valence-electron chi connectivity index (χ1n) is 9.97. The molecule has 0 saturated heterocycles. The van der Waals surface area contributed by atoms with Gasteiger partial charge in [0.15, 0.2) is 0 Å². The lowest BCUT2D eigenvalue weighted by Crippen LogP contribution is -2.41. The number of aromatic nitrogens is 2. The van der Waals surface area contributed by atoms with Crippen molar-refractivity contribution in [2.45, 2.75) is 37.8 Å². The van der Waals surface area contributed by atoms with E-state index in [0.717, 1.165) is 12.1 Å². The zero-order valence-corrected chi connectivity index (χ0v) is 17.1. The van der Waals surface area contributed by atoms with Gasteiger partial charge in [-0.05, 0) is 43.5 Å². The molecule has 0 radical (unpaired) electrons. The van der Waals surface area contributed by atoms with E-state index >= 15 is 0 Å². The van der Waals surface area contributed by atoms with Gasteiger partial charge in [-0.2, -0.15) is 0 Å². The molecule has 2 heterocycles. The highest BCUT2D eigenvalue weighted by Crippen LogP contribution is 2.20. The number of aromatic amines is 1. The maximum atomic E-state index is 12.3. The fraction of sp³-hybridized carbons (Fsp3) is 0.350. The standard InChI is InChI=1S/C20H24N6O6/c21-20-25-13-6-5-12(23-16(13)18(30)26-20)9-22-11-3-1-10(2-4-11)17(29)24-14(19(31)32)7-8-15(27)28/h1-4,12,14,22-23H,5-9H2,(H,24,29)(H,27,28)(H,31,32)(H3,21,25,26,30)/t12?,14-/m0/s1. The third-order valence-electron chi connectivity index (χ3n) is 5.04. The van der Waals surface area contributed by atoms with Crippen LogP contribution in [0, 0.1) is 0 Å². The molecule has 170 valence electrons. The summed E-state index contributed by atoms with van der Waals surface area (Å²) in [4.78, 5) is 52.8. The average molecular weight is 444 g/mol. The van der Waals surface area contributed by atoms with Gasteiger partial charge in [0.05, 0.1) is 5.69 Å². The van der Waals surface area contributed by atoms with Crippen molar-refractivity contribution in [1.82, 2.24) is 15.3 Å². The van der Waals surface area contributed by atoms with Crippen LogP contribution >= 0.6 is 0 Å². The second-order valence-corrected chi connectivity index (χ2v) is 7.41. The number of aliphatic carboxylic acids is 2. The summed E-state index contributed by atoms with van der Waals surface area (Å²) in [6.45, 7) is 0.519. The molecule has 3 rings (SSSR count). The predicted octanol–water partition coefficient (Wildman–Crippen LogP) is 0.239. The Balaban J connectivity index is 1.54. The lowest BCUT2D eigenvalue weighted by atomic mass is 10.0. The van der Waals surface area contributed by atoms with Crippen LogP contribution in [0.4, 0.5) is 17.3 Å². The van der Waals surface area contributed by atoms with Gasteiger partial charge in [-0.15, -0.1) is 0 Å². The van der Waals surface area contributed by atoms with E-state index in [-0.39, 0.29) is 36.0 Å². The van der Waals surface area contributed by atoms with Gasteiger partial charge in [-0.25, -0.2) is 9.78 Å². The Morgan fingerprint density at radius 1 is 1.22 bits per heavy atom. The summed E-state index contributed by atoms with van der Waals surface area (Å²) in [6, 6.07) is 5.12. The van der Waals surface area contributed by atoms with Crippen LogP contribution in [-0.2, 0) is 16.0 Å². The number of carboxylic acids is 2. The summed E-state index contributed by atoms with van der Waals surface area (Å²) >= 11 is 0. The molecule has 1 aromatic heterocycles. The van der Waals surface area contributed by atoms with Gasteiger partial charge in [0.25, 0.3) is 11.5 Å². The zero-order chi connectivity index (χ0) is 23.3. The molecule has 8 N–H and O–H groups in total. The summed E-state index contributed by atoms with van der Waals surface area (Å²) < 4.78 is 0. The number of nitrogens with one attached hydrogen (secondary N) is 4. The Kier molecular flexibility index (Phi) is 6.93. The monoisotopic (exact) mass is 444 g/mol. The first kappa shape index (κ1) is 22.6. The van der Waals surface area contributed by atoms with E-state index in [2.05, 4.69) is 25.9 Å². The Hall–Kier alpha value is -4.09. The number of rotatable bonds is 9. The van der Waals surface area contributed by atoms with Gasteiger partial charge in [-0.1, -0.05) is 0 Å². The molecular formula is C20H24N6O6. The molecule has 12 nitrogen and oxygen atoms in total. The van der Waals surface area contributed by atoms with Gasteiger partial charge < -0.3 is 31.9 Å². The number of carboxylic acid groups (broad SMARTS) is 2. The smallest absolute Gasteiger partial charge is 0.326 e. The highest BCUT2D eigenvalue weighted by Gasteiger charge is 2.23. The van der Waals surface area contributed by atoms with Crippen molar-refractivity contribution in [3.8, 4) is 0 Å². The first-order valence-corrected chi connectivity index (χ1v) is 9.97. The fourth-order valence-electron chi connectivity index (χ4n) is 3.36. The third-order valence-corrected chi connectivity index (χ3v) is 5.04. The number of anilines is 3. The molecule has 1 aliphatic heterocycles. The van der Waals surface area contributed by atoms with Crippen LogP contribution in [0.3, 0.4) is 0 Å². The lowest BCUT2D eigenvalue weighted by molar-refractivity contribution is -0.140. The number of nitrogen functional groups attached to an aromatic ring is 1. The van der Waals surface area contributed by atoms with Crippen molar-refractivity contribution in [2.24, 2.45) is 0 Å². The van der Waals surface area contributed by atoms with Crippen LogP contribution in [0.2, 0.25) is 0 Å². The maximum Gasteiger partial charge on any atom is 0.326 e. The Bertz CT molecular complexity index is 1070. The van der Waals surface area contributed by atoms with Gasteiger partial charge in [-0.3, -0.25) is 19.4 Å². The van der Waals surface area contributed by atoms with E-state index in [1.165, 1.54) is 12.1 Å². The number of hydrogen-bond donors (Lipinski definition) is 7. The summed E-state index contributed by atoms with van der Waals surface area (Å²) in [5.74, 6) is -2.95. The molecule has 2 atom stereocenters. The van der Waals surface area contributed by atoms with Gasteiger partial charge in [0.2, 0.25) is 5.95 Å². The number of H-pyrrole nitrogens is 1. The van der Waals surface area contributed by atoms with Gasteiger partial charge >= 0.3 is 11.9 Å². The first-order chi connectivity index (χ1) is 15.2. The topological polar surface area (TPSA) is 200 Å². The van der Waals surface area contributed by atoms with Crippen LogP contribution in [0.25, 0.3) is 0 Å². The average Bonchev–Trinajstić information content (AvgIpc) is 2.75. The van der Waals surface area contributed by atoms with Crippen molar-refractivity contribution in [1.29, 1.82) is 0 Å². The molecule has 0 fully saturated rings. The van der Waals surface area contributed by atoms with Crippen LogP contribution in [0.15, 0.2) is 29.1 Å². The number of nitrogens with zero attached hydrogens (tertiary/aromatic N) is 1. The molecule has 1 aliphatic rings. The van der Waals surface area contributed by atoms with E-state index in [9.17, 15) is 19.2 Å². The van der Waals surface area contributed by atoms with Crippen LogP contribution in [0.1, 0.15) is 35.3 Å². The molecule has 0 saturated carbocycles. The lowest BCUT2D eigenvalue weighted by Gasteiger charge is -2.26. The zero-order valence-electron chi connectivity index (χ0n) is 17.1. The van der Waals surface area contributed by atoms with Crippen LogP contribution in [0.5, 0.6) is 0 Å². The van der Waals surface area contributed by atoms with Crippen LogP contribution < -0.4 is 27.2 Å². The normalized spacial score (nSPS) is 15.7. The predicted molar refractivity (Wildman–Crippen MR) is 116 cm³/mol. The Labute approximate surface area is 182 Å².